The third kappa shape index (κ3) is 4.44. The van der Waals surface area contributed by atoms with Gasteiger partial charge in [-0.1, -0.05) is 12.1 Å². The molecule has 2 N–H and O–H groups in total. The maximum absolute atomic E-state index is 9.73. The smallest absolute Gasteiger partial charge is 0.119 e. The van der Waals surface area contributed by atoms with Crippen molar-refractivity contribution in [2.75, 3.05) is 52.9 Å². The number of aliphatic hydroxyl groups excluding tert-OH is 1. The number of rotatable bonds is 5. The van der Waals surface area contributed by atoms with Crippen LogP contribution in [0.1, 0.15) is 24.4 Å². The largest absolute Gasteiger partial charge is 0.497 e. The highest BCUT2D eigenvalue weighted by Crippen LogP contribution is 2.27. The number of ether oxygens (including phenoxy) is 1. The van der Waals surface area contributed by atoms with E-state index < -0.39 is 0 Å². The first-order valence-electron chi connectivity index (χ1n) is 8.75. The minimum atomic E-state index is -0.110. The van der Waals surface area contributed by atoms with Crippen LogP contribution in [0.4, 0.5) is 0 Å². The van der Waals surface area contributed by atoms with Crippen molar-refractivity contribution in [3.05, 3.63) is 29.8 Å². The predicted octanol–water partition coefficient (Wildman–Crippen LogP) is 1.10. The first-order valence-corrected chi connectivity index (χ1v) is 8.75. The monoisotopic (exact) mass is 319 g/mol. The molecule has 2 aliphatic heterocycles. The summed E-state index contributed by atoms with van der Waals surface area (Å²) in [4.78, 5) is 5.08. The van der Waals surface area contributed by atoms with Gasteiger partial charge in [-0.25, -0.2) is 0 Å². The van der Waals surface area contributed by atoms with Gasteiger partial charge < -0.3 is 20.1 Å². The molecule has 1 unspecified atom stereocenters. The average molecular weight is 319 g/mol. The van der Waals surface area contributed by atoms with Gasteiger partial charge in [0.1, 0.15) is 5.75 Å². The molecule has 2 fully saturated rings. The number of piperidine rings is 1. The summed E-state index contributed by atoms with van der Waals surface area (Å²) in [7, 11) is 1.73. The lowest BCUT2D eigenvalue weighted by Crippen LogP contribution is -2.49. The van der Waals surface area contributed by atoms with Crippen LogP contribution in [-0.2, 0) is 0 Å². The number of hydrogen-bond donors (Lipinski definition) is 2. The number of likely N-dealkylation sites (tertiary alicyclic amines) is 1. The van der Waals surface area contributed by atoms with Crippen LogP contribution >= 0.6 is 0 Å². The lowest BCUT2D eigenvalue weighted by molar-refractivity contribution is 0.0589. The Balaban J connectivity index is 1.75. The molecule has 0 spiro atoms. The molecular weight excluding hydrogens is 290 g/mol. The van der Waals surface area contributed by atoms with Crippen LogP contribution in [-0.4, -0.2) is 73.9 Å². The summed E-state index contributed by atoms with van der Waals surface area (Å²) in [5.41, 5.74) is 1.33. The van der Waals surface area contributed by atoms with Crippen LogP contribution in [0.2, 0.25) is 0 Å². The summed E-state index contributed by atoms with van der Waals surface area (Å²) in [6, 6.07) is 8.88. The molecule has 5 nitrogen and oxygen atoms in total. The molecule has 3 rings (SSSR count). The van der Waals surface area contributed by atoms with Crippen LogP contribution in [0.15, 0.2) is 24.3 Å². The molecule has 0 aliphatic carbocycles. The summed E-state index contributed by atoms with van der Waals surface area (Å²) >= 11 is 0. The zero-order chi connectivity index (χ0) is 16.1. The van der Waals surface area contributed by atoms with Crippen molar-refractivity contribution in [2.45, 2.75) is 25.0 Å². The average Bonchev–Trinajstić information content (AvgIpc) is 2.62. The van der Waals surface area contributed by atoms with Crippen LogP contribution in [0.3, 0.4) is 0 Å². The first-order chi connectivity index (χ1) is 11.3. The third-order valence-corrected chi connectivity index (χ3v) is 5.06. The number of piperazine rings is 1. The van der Waals surface area contributed by atoms with Crippen LogP contribution in [0, 0.1) is 0 Å². The van der Waals surface area contributed by atoms with Crippen LogP contribution in [0.5, 0.6) is 5.75 Å². The summed E-state index contributed by atoms with van der Waals surface area (Å²) < 4.78 is 5.42. The first kappa shape index (κ1) is 16.7. The van der Waals surface area contributed by atoms with Crippen LogP contribution in [0.25, 0.3) is 0 Å². The van der Waals surface area contributed by atoms with Crippen molar-refractivity contribution in [3.8, 4) is 5.75 Å². The van der Waals surface area contributed by atoms with Gasteiger partial charge in [0.2, 0.25) is 0 Å². The van der Waals surface area contributed by atoms with E-state index in [9.17, 15) is 5.11 Å². The molecule has 128 valence electrons. The minimum absolute atomic E-state index is 0.110. The lowest BCUT2D eigenvalue weighted by Gasteiger charge is -2.39. The van der Waals surface area contributed by atoms with Crippen molar-refractivity contribution in [3.63, 3.8) is 0 Å². The Bertz CT molecular complexity index is 483. The summed E-state index contributed by atoms with van der Waals surface area (Å²) in [6.45, 7) is 7.29. The fourth-order valence-electron chi connectivity index (χ4n) is 3.62. The summed E-state index contributed by atoms with van der Waals surface area (Å²) in [6.07, 6.45) is 1.68. The Morgan fingerprint density at radius 2 is 1.96 bits per heavy atom. The SMILES string of the molecule is COc1cccc(C(CN2CCC(O)CC2)N2CCNCC2)c1. The molecule has 23 heavy (non-hydrogen) atoms. The molecule has 0 amide bonds. The zero-order valence-corrected chi connectivity index (χ0v) is 14.1. The van der Waals surface area contributed by atoms with Gasteiger partial charge in [0, 0.05) is 51.9 Å². The van der Waals surface area contributed by atoms with Gasteiger partial charge >= 0.3 is 0 Å². The van der Waals surface area contributed by atoms with E-state index in [4.69, 9.17) is 4.74 Å². The number of hydrogen-bond acceptors (Lipinski definition) is 5. The maximum Gasteiger partial charge on any atom is 0.119 e. The highest BCUT2D eigenvalue weighted by atomic mass is 16.5. The molecule has 0 aromatic heterocycles. The second-order valence-electron chi connectivity index (χ2n) is 6.61. The Morgan fingerprint density at radius 3 is 2.65 bits per heavy atom. The number of aliphatic hydroxyl groups is 1. The molecule has 0 bridgehead atoms. The maximum atomic E-state index is 9.73. The van der Waals surface area contributed by atoms with Gasteiger partial charge in [0.15, 0.2) is 0 Å². The minimum Gasteiger partial charge on any atom is -0.497 e. The number of benzene rings is 1. The molecule has 2 aliphatic rings. The molecule has 0 saturated carbocycles. The molecule has 1 aromatic carbocycles. The normalized spacial score (nSPS) is 22.9. The molecule has 2 heterocycles. The van der Waals surface area contributed by atoms with E-state index >= 15 is 0 Å². The van der Waals surface area contributed by atoms with Gasteiger partial charge in [-0.15, -0.1) is 0 Å². The van der Waals surface area contributed by atoms with E-state index in [1.54, 1.807) is 7.11 Å². The second-order valence-corrected chi connectivity index (χ2v) is 6.61. The topological polar surface area (TPSA) is 48.0 Å². The van der Waals surface area contributed by atoms with Crippen molar-refractivity contribution in [1.82, 2.24) is 15.1 Å². The standard InChI is InChI=1S/C18H29N3O2/c1-23-17-4-2-3-15(13-17)18(21-11-7-19-8-12-21)14-20-9-5-16(22)6-10-20/h2-4,13,16,18-19,22H,5-12,14H2,1H3. The van der Waals surface area contributed by atoms with Crippen molar-refractivity contribution >= 4 is 0 Å². The Hall–Kier alpha value is -1.14. The third-order valence-electron chi connectivity index (χ3n) is 5.06. The predicted molar refractivity (Wildman–Crippen MR) is 91.9 cm³/mol. The zero-order valence-electron chi connectivity index (χ0n) is 14.1. The number of nitrogens with one attached hydrogen (secondary N) is 1. The van der Waals surface area contributed by atoms with Crippen LogP contribution < -0.4 is 10.1 Å². The van der Waals surface area contributed by atoms with Gasteiger partial charge in [0.25, 0.3) is 0 Å². The van der Waals surface area contributed by atoms with Gasteiger partial charge in [-0.3, -0.25) is 4.90 Å². The Labute approximate surface area is 139 Å². The van der Waals surface area contributed by atoms with Gasteiger partial charge in [-0.05, 0) is 30.5 Å². The van der Waals surface area contributed by atoms with E-state index in [0.717, 1.165) is 64.4 Å². The fraction of sp³-hybridized carbons (Fsp3) is 0.667. The van der Waals surface area contributed by atoms with E-state index in [1.807, 2.05) is 6.07 Å². The molecule has 1 atom stereocenters. The summed E-state index contributed by atoms with van der Waals surface area (Å²) in [5, 5.41) is 13.2. The Morgan fingerprint density at radius 1 is 1.22 bits per heavy atom. The Kier molecular flexibility index (Phi) is 5.89. The quantitative estimate of drug-likeness (QED) is 0.851. The second kappa shape index (κ2) is 8.11. The van der Waals surface area contributed by atoms with E-state index in [0.29, 0.717) is 6.04 Å². The van der Waals surface area contributed by atoms with Crippen molar-refractivity contribution in [2.24, 2.45) is 0 Å². The molecular formula is C18H29N3O2. The molecule has 0 radical (unpaired) electrons. The van der Waals surface area contributed by atoms with E-state index in [-0.39, 0.29) is 6.10 Å². The van der Waals surface area contributed by atoms with E-state index in [2.05, 4.69) is 33.3 Å². The summed E-state index contributed by atoms with van der Waals surface area (Å²) in [5.74, 6) is 0.928. The highest BCUT2D eigenvalue weighted by molar-refractivity contribution is 5.31. The highest BCUT2D eigenvalue weighted by Gasteiger charge is 2.26. The van der Waals surface area contributed by atoms with Gasteiger partial charge in [0.05, 0.1) is 13.2 Å². The van der Waals surface area contributed by atoms with E-state index in [1.165, 1.54) is 5.56 Å². The van der Waals surface area contributed by atoms with Crippen molar-refractivity contribution in [1.29, 1.82) is 0 Å². The number of methoxy groups -OCH3 is 1. The molecule has 5 heteroatoms. The fourth-order valence-corrected chi connectivity index (χ4v) is 3.62. The molecule has 2 saturated heterocycles. The van der Waals surface area contributed by atoms with Gasteiger partial charge in [-0.2, -0.15) is 0 Å². The molecule has 1 aromatic rings. The van der Waals surface area contributed by atoms with Crippen molar-refractivity contribution < 1.29 is 9.84 Å². The lowest BCUT2D eigenvalue weighted by atomic mass is 10.0. The number of nitrogens with zero attached hydrogens (tertiary/aromatic N) is 2.